The van der Waals surface area contributed by atoms with Crippen molar-refractivity contribution in [3.63, 3.8) is 0 Å². The molecule has 0 aliphatic heterocycles. The molecule has 0 aliphatic rings. The van der Waals surface area contributed by atoms with E-state index in [-0.39, 0.29) is 19.6 Å². The summed E-state index contributed by atoms with van der Waals surface area (Å²) < 4.78 is 4.85. The maximum Gasteiger partial charge on any atom is 0.430 e. The predicted molar refractivity (Wildman–Crippen MR) is 68.0 cm³/mol. The number of nitriles is 1. The third kappa shape index (κ3) is 4.66. The van der Waals surface area contributed by atoms with Crippen molar-refractivity contribution in [2.45, 2.75) is 13.3 Å². The number of nitrogens with zero attached hydrogens (tertiary/aromatic N) is 3. The first-order valence-electron chi connectivity index (χ1n) is 5.68. The molecule has 0 aliphatic carbocycles. The zero-order valence-corrected chi connectivity index (χ0v) is 10.2. The minimum Gasteiger partial charge on any atom is -0.448 e. The molecule has 1 aromatic rings. The Balaban J connectivity index is 2.69. The SMILES string of the molecule is CCOC(=O)N(CCC#N)/N=C/c1ccccc1. The van der Waals surface area contributed by atoms with Crippen LogP contribution in [0.4, 0.5) is 4.79 Å². The quantitative estimate of drug-likeness (QED) is 0.591. The second-order valence-corrected chi connectivity index (χ2v) is 3.39. The average molecular weight is 245 g/mol. The molecule has 0 aromatic heterocycles. The Morgan fingerprint density at radius 1 is 1.50 bits per heavy atom. The van der Waals surface area contributed by atoms with Gasteiger partial charge in [-0.3, -0.25) is 0 Å². The number of rotatable bonds is 5. The lowest BCUT2D eigenvalue weighted by atomic mass is 10.2. The van der Waals surface area contributed by atoms with Gasteiger partial charge in [-0.2, -0.15) is 15.4 Å². The van der Waals surface area contributed by atoms with Crippen molar-refractivity contribution >= 4 is 12.3 Å². The highest BCUT2D eigenvalue weighted by molar-refractivity contribution is 5.80. The Labute approximate surface area is 106 Å². The molecular formula is C13H15N3O2. The fraction of sp³-hybridized carbons (Fsp3) is 0.308. The summed E-state index contributed by atoms with van der Waals surface area (Å²) in [6.07, 6.45) is 1.24. The van der Waals surface area contributed by atoms with Crippen LogP contribution in [0.1, 0.15) is 18.9 Å². The van der Waals surface area contributed by atoms with Gasteiger partial charge in [0.2, 0.25) is 0 Å². The number of carbonyl (C=O) groups excluding carboxylic acids is 1. The third-order valence-electron chi connectivity index (χ3n) is 2.06. The number of hydrogen-bond acceptors (Lipinski definition) is 4. The van der Waals surface area contributed by atoms with Gasteiger partial charge >= 0.3 is 6.09 Å². The number of hydrogen-bond donors (Lipinski definition) is 0. The number of amides is 1. The van der Waals surface area contributed by atoms with E-state index in [1.165, 1.54) is 0 Å². The van der Waals surface area contributed by atoms with Crippen LogP contribution in [-0.2, 0) is 4.74 Å². The van der Waals surface area contributed by atoms with E-state index in [1.807, 2.05) is 36.4 Å². The van der Waals surface area contributed by atoms with Crippen LogP contribution in [0.3, 0.4) is 0 Å². The highest BCUT2D eigenvalue weighted by atomic mass is 16.6. The first-order chi connectivity index (χ1) is 8.77. The molecule has 0 heterocycles. The van der Waals surface area contributed by atoms with Crippen molar-refractivity contribution in [2.24, 2.45) is 5.10 Å². The van der Waals surface area contributed by atoms with Gasteiger partial charge in [0.15, 0.2) is 0 Å². The number of hydrazone groups is 1. The average Bonchev–Trinajstić information content (AvgIpc) is 2.40. The van der Waals surface area contributed by atoms with Crippen LogP contribution in [0.25, 0.3) is 0 Å². The van der Waals surface area contributed by atoms with Crippen molar-refractivity contribution in [3.8, 4) is 6.07 Å². The van der Waals surface area contributed by atoms with Gasteiger partial charge in [-0.05, 0) is 12.5 Å². The van der Waals surface area contributed by atoms with Crippen LogP contribution in [0.2, 0.25) is 0 Å². The zero-order valence-electron chi connectivity index (χ0n) is 10.2. The highest BCUT2D eigenvalue weighted by Crippen LogP contribution is 2.00. The highest BCUT2D eigenvalue weighted by Gasteiger charge is 2.12. The van der Waals surface area contributed by atoms with E-state index < -0.39 is 6.09 Å². The van der Waals surface area contributed by atoms with Crippen LogP contribution >= 0.6 is 0 Å². The standard InChI is InChI=1S/C13H15N3O2/c1-2-18-13(17)16(10-6-9-14)15-11-12-7-4-3-5-8-12/h3-5,7-8,11H,2,6,10H2,1H3/b15-11+. The summed E-state index contributed by atoms with van der Waals surface area (Å²) >= 11 is 0. The van der Waals surface area contributed by atoms with Crippen LogP contribution in [-0.4, -0.2) is 30.5 Å². The van der Waals surface area contributed by atoms with Gasteiger partial charge in [-0.15, -0.1) is 0 Å². The molecule has 5 heteroatoms. The summed E-state index contributed by atoms with van der Waals surface area (Å²) in [5.74, 6) is 0. The molecule has 0 atom stereocenters. The van der Waals surface area contributed by atoms with E-state index in [4.69, 9.17) is 10.00 Å². The Morgan fingerprint density at radius 2 is 2.22 bits per heavy atom. The molecule has 0 saturated heterocycles. The van der Waals surface area contributed by atoms with Gasteiger partial charge in [0.05, 0.1) is 31.9 Å². The Morgan fingerprint density at radius 3 is 2.83 bits per heavy atom. The summed E-state index contributed by atoms with van der Waals surface area (Å²) in [6, 6.07) is 11.4. The molecule has 1 amide bonds. The molecule has 0 bridgehead atoms. The minimum absolute atomic E-state index is 0.213. The van der Waals surface area contributed by atoms with Crippen LogP contribution < -0.4 is 0 Å². The monoisotopic (exact) mass is 245 g/mol. The molecule has 18 heavy (non-hydrogen) atoms. The second-order valence-electron chi connectivity index (χ2n) is 3.39. The van der Waals surface area contributed by atoms with E-state index in [2.05, 4.69) is 5.10 Å². The van der Waals surface area contributed by atoms with E-state index >= 15 is 0 Å². The van der Waals surface area contributed by atoms with Crippen LogP contribution in [0.15, 0.2) is 35.4 Å². The Kier molecular flexibility index (Phi) is 5.98. The summed E-state index contributed by atoms with van der Waals surface area (Å²) in [5.41, 5.74) is 0.878. The lowest BCUT2D eigenvalue weighted by molar-refractivity contribution is 0.109. The molecular weight excluding hydrogens is 230 g/mol. The maximum atomic E-state index is 11.6. The normalized spacial score (nSPS) is 10.0. The van der Waals surface area contributed by atoms with Crippen molar-refractivity contribution in [1.82, 2.24) is 5.01 Å². The topological polar surface area (TPSA) is 65.7 Å². The second kappa shape index (κ2) is 7.85. The Hall–Kier alpha value is -2.35. The van der Waals surface area contributed by atoms with Gasteiger partial charge in [0.25, 0.3) is 0 Å². The lowest BCUT2D eigenvalue weighted by Gasteiger charge is -2.14. The van der Waals surface area contributed by atoms with Gasteiger partial charge in [0, 0.05) is 0 Å². The van der Waals surface area contributed by atoms with Crippen molar-refractivity contribution in [2.75, 3.05) is 13.2 Å². The number of ether oxygens (including phenoxy) is 1. The van der Waals surface area contributed by atoms with Gasteiger partial charge < -0.3 is 4.74 Å². The van der Waals surface area contributed by atoms with Gasteiger partial charge in [-0.1, -0.05) is 30.3 Å². The molecule has 0 saturated carbocycles. The summed E-state index contributed by atoms with van der Waals surface area (Å²) in [7, 11) is 0. The smallest absolute Gasteiger partial charge is 0.430 e. The van der Waals surface area contributed by atoms with E-state index in [0.717, 1.165) is 10.6 Å². The van der Waals surface area contributed by atoms with Crippen molar-refractivity contribution in [3.05, 3.63) is 35.9 Å². The molecule has 0 radical (unpaired) electrons. The van der Waals surface area contributed by atoms with E-state index in [0.29, 0.717) is 0 Å². The molecule has 0 spiro atoms. The fourth-order valence-electron chi connectivity index (χ4n) is 1.23. The predicted octanol–water partition coefficient (Wildman–Crippen LogP) is 2.39. The molecule has 1 rings (SSSR count). The summed E-state index contributed by atoms with van der Waals surface area (Å²) in [4.78, 5) is 11.6. The van der Waals surface area contributed by atoms with Crippen molar-refractivity contribution < 1.29 is 9.53 Å². The molecule has 5 nitrogen and oxygen atoms in total. The zero-order chi connectivity index (χ0) is 13.2. The number of carbonyl (C=O) groups is 1. The van der Waals surface area contributed by atoms with Crippen LogP contribution in [0.5, 0.6) is 0 Å². The largest absolute Gasteiger partial charge is 0.448 e. The maximum absolute atomic E-state index is 11.6. The van der Waals surface area contributed by atoms with Gasteiger partial charge in [0.1, 0.15) is 0 Å². The first-order valence-corrected chi connectivity index (χ1v) is 5.68. The summed E-state index contributed by atoms with van der Waals surface area (Å²) in [6.45, 7) is 2.22. The fourth-order valence-corrected chi connectivity index (χ4v) is 1.23. The third-order valence-corrected chi connectivity index (χ3v) is 2.06. The van der Waals surface area contributed by atoms with Crippen LogP contribution in [0, 0.1) is 11.3 Å². The van der Waals surface area contributed by atoms with Gasteiger partial charge in [-0.25, -0.2) is 4.79 Å². The van der Waals surface area contributed by atoms with E-state index in [1.54, 1.807) is 13.1 Å². The molecule has 0 fully saturated rings. The summed E-state index contributed by atoms with van der Waals surface area (Å²) in [5, 5.41) is 13.7. The first kappa shape index (κ1) is 13.7. The lowest BCUT2D eigenvalue weighted by Crippen LogP contribution is -2.27. The molecule has 1 aromatic carbocycles. The Bertz CT molecular complexity index is 437. The minimum atomic E-state index is -0.542. The molecule has 0 unspecified atom stereocenters. The van der Waals surface area contributed by atoms with E-state index in [9.17, 15) is 4.79 Å². The van der Waals surface area contributed by atoms with Crippen molar-refractivity contribution in [1.29, 1.82) is 5.26 Å². The molecule has 0 N–H and O–H groups in total. The number of benzene rings is 1. The molecule has 94 valence electrons.